The van der Waals surface area contributed by atoms with Gasteiger partial charge in [0.25, 0.3) is 0 Å². The number of nitrogens with one attached hydrogen (secondary N) is 1. The van der Waals surface area contributed by atoms with Crippen LogP contribution in [0.15, 0.2) is 59.5 Å². The van der Waals surface area contributed by atoms with Crippen LogP contribution in [0.5, 0.6) is 0 Å². The lowest BCUT2D eigenvalue weighted by Gasteiger charge is -2.35. The Balaban J connectivity index is 2.39. The Morgan fingerprint density at radius 2 is 1.65 bits per heavy atom. The van der Waals surface area contributed by atoms with E-state index in [4.69, 9.17) is 4.74 Å². The molecule has 2 aromatic rings. The molecule has 0 aromatic heterocycles. The number of aliphatic hydroxyl groups is 1. The molecule has 0 radical (unpaired) electrons. The summed E-state index contributed by atoms with van der Waals surface area (Å²) in [5, 5.41) is 23.8. The van der Waals surface area contributed by atoms with Crippen molar-refractivity contribution < 1.29 is 33.0 Å². The van der Waals surface area contributed by atoms with E-state index in [1.54, 1.807) is 0 Å². The van der Waals surface area contributed by atoms with Gasteiger partial charge < -0.3 is 25.2 Å². The van der Waals surface area contributed by atoms with E-state index in [9.17, 15) is 28.2 Å². The maximum Gasteiger partial charge on any atom is 0.407 e. The van der Waals surface area contributed by atoms with Crippen molar-refractivity contribution in [2.45, 2.75) is 44.2 Å². The van der Waals surface area contributed by atoms with Gasteiger partial charge in [-0.15, -0.1) is 0 Å². The molecule has 2 aromatic carbocycles. The minimum absolute atomic E-state index is 0.00327. The number of aliphatic hydroxyl groups excluding tert-OH is 1. The van der Waals surface area contributed by atoms with Gasteiger partial charge in [0.2, 0.25) is 15.9 Å². The molecule has 0 saturated heterocycles. The zero-order valence-electron chi connectivity index (χ0n) is 21.7. The molecule has 2 rings (SSSR count). The number of carboxylic acid groups (broad SMARTS) is 1. The average Bonchev–Trinajstić information content (AvgIpc) is 2.83. The maximum atomic E-state index is 13.6. The first-order valence-corrected chi connectivity index (χ1v) is 13.5. The Morgan fingerprint density at radius 1 is 1.03 bits per heavy atom. The number of ether oxygens (including phenoxy) is 1. The van der Waals surface area contributed by atoms with Gasteiger partial charge in [-0.25, -0.2) is 13.2 Å². The molecule has 2 amide bonds. The number of sulfonamides is 1. The van der Waals surface area contributed by atoms with E-state index >= 15 is 0 Å². The topological polar surface area (TPSA) is 136 Å². The van der Waals surface area contributed by atoms with Crippen LogP contribution in [0, 0.1) is 5.92 Å². The van der Waals surface area contributed by atoms with E-state index in [0.29, 0.717) is 5.69 Å². The first kappa shape index (κ1) is 30.2. The molecule has 0 saturated carbocycles. The van der Waals surface area contributed by atoms with Gasteiger partial charge in [-0.1, -0.05) is 44.2 Å². The Labute approximate surface area is 218 Å². The van der Waals surface area contributed by atoms with E-state index in [1.165, 1.54) is 42.6 Å². The lowest BCUT2D eigenvalue weighted by Crippen LogP contribution is -2.53. The first-order valence-electron chi connectivity index (χ1n) is 12.0. The van der Waals surface area contributed by atoms with Gasteiger partial charge in [0, 0.05) is 39.4 Å². The van der Waals surface area contributed by atoms with Crippen LogP contribution >= 0.6 is 0 Å². The van der Waals surface area contributed by atoms with Gasteiger partial charge in [-0.05, 0) is 42.2 Å². The molecular formula is C26H37N3O7S. The summed E-state index contributed by atoms with van der Waals surface area (Å²) in [6.45, 7) is 5.03. The fourth-order valence-electron chi connectivity index (χ4n) is 3.97. The predicted molar refractivity (Wildman–Crippen MR) is 141 cm³/mol. The molecule has 0 bridgehead atoms. The predicted octanol–water partition coefficient (Wildman–Crippen LogP) is 2.89. The van der Waals surface area contributed by atoms with Crippen LogP contribution in [0.25, 0.3) is 0 Å². The number of rotatable bonds is 14. The van der Waals surface area contributed by atoms with Crippen molar-refractivity contribution in [1.29, 1.82) is 0 Å². The van der Waals surface area contributed by atoms with Crippen molar-refractivity contribution in [3.63, 3.8) is 0 Å². The van der Waals surface area contributed by atoms with Crippen molar-refractivity contribution in [2.75, 3.05) is 38.7 Å². The highest BCUT2D eigenvalue weighted by Crippen LogP contribution is 2.22. The summed E-state index contributed by atoms with van der Waals surface area (Å²) >= 11 is 0. The molecule has 0 unspecified atom stereocenters. The van der Waals surface area contributed by atoms with Crippen molar-refractivity contribution >= 4 is 27.7 Å². The highest BCUT2D eigenvalue weighted by Gasteiger charge is 2.35. The fourth-order valence-corrected chi connectivity index (χ4v) is 5.59. The molecular weight excluding hydrogens is 498 g/mol. The summed E-state index contributed by atoms with van der Waals surface area (Å²) in [6, 6.07) is 14.0. The normalized spacial score (nSPS) is 13.4. The summed E-state index contributed by atoms with van der Waals surface area (Å²) in [5.74, 6) is -0.335. The monoisotopic (exact) mass is 535 g/mol. The van der Waals surface area contributed by atoms with Gasteiger partial charge in [-0.3, -0.25) is 4.79 Å². The number of hydrogen-bond acceptors (Lipinski definition) is 6. The van der Waals surface area contributed by atoms with Crippen LogP contribution < -0.4 is 5.32 Å². The van der Waals surface area contributed by atoms with Gasteiger partial charge in [0.15, 0.2) is 0 Å². The number of methoxy groups -OCH3 is 1. The van der Waals surface area contributed by atoms with Gasteiger partial charge in [0.1, 0.15) is 0 Å². The van der Waals surface area contributed by atoms with Crippen LogP contribution in [0.4, 0.5) is 10.5 Å². The van der Waals surface area contributed by atoms with Crippen molar-refractivity contribution in [3.8, 4) is 0 Å². The third kappa shape index (κ3) is 9.12. The molecule has 11 heteroatoms. The zero-order valence-corrected chi connectivity index (χ0v) is 22.5. The molecule has 37 heavy (non-hydrogen) atoms. The van der Waals surface area contributed by atoms with E-state index in [0.717, 1.165) is 10.5 Å². The highest BCUT2D eigenvalue weighted by atomic mass is 32.2. The number of nitrogens with zero attached hydrogens (tertiary/aromatic N) is 2. The number of amides is 2. The second kappa shape index (κ2) is 14.1. The van der Waals surface area contributed by atoms with Crippen molar-refractivity contribution in [3.05, 3.63) is 60.2 Å². The van der Waals surface area contributed by atoms with Crippen LogP contribution in [-0.4, -0.2) is 85.3 Å². The van der Waals surface area contributed by atoms with E-state index < -0.39 is 28.3 Å². The lowest BCUT2D eigenvalue weighted by atomic mass is 9.99. The first-order chi connectivity index (χ1) is 17.4. The largest absolute Gasteiger partial charge is 0.465 e. The summed E-state index contributed by atoms with van der Waals surface area (Å²) in [4.78, 5) is 24.5. The zero-order chi connectivity index (χ0) is 27.6. The van der Waals surface area contributed by atoms with Gasteiger partial charge >= 0.3 is 6.09 Å². The number of benzene rings is 2. The van der Waals surface area contributed by atoms with Crippen LogP contribution in [0.1, 0.15) is 26.3 Å². The summed E-state index contributed by atoms with van der Waals surface area (Å²) in [6.07, 6.45) is -2.36. The van der Waals surface area contributed by atoms with E-state index in [-0.39, 0.29) is 49.4 Å². The molecule has 0 aliphatic carbocycles. The quantitative estimate of drug-likeness (QED) is 0.338. The smallest absolute Gasteiger partial charge is 0.407 e. The summed E-state index contributed by atoms with van der Waals surface area (Å²) in [7, 11) is -2.58. The summed E-state index contributed by atoms with van der Waals surface area (Å²) < 4.78 is 33.4. The third-order valence-corrected chi connectivity index (χ3v) is 7.53. The highest BCUT2D eigenvalue weighted by molar-refractivity contribution is 7.89. The van der Waals surface area contributed by atoms with Crippen molar-refractivity contribution in [2.24, 2.45) is 5.92 Å². The van der Waals surface area contributed by atoms with Crippen LogP contribution in [0.2, 0.25) is 0 Å². The van der Waals surface area contributed by atoms with Crippen LogP contribution in [-0.2, 0) is 26.0 Å². The molecule has 0 heterocycles. The summed E-state index contributed by atoms with van der Waals surface area (Å²) in [5.41, 5.74) is 1.27. The van der Waals surface area contributed by atoms with Gasteiger partial charge in [0.05, 0.1) is 23.6 Å². The lowest BCUT2D eigenvalue weighted by molar-refractivity contribution is -0.114. The molecule has 0 aliphatic rings. The Morgan fingerprint density at radius 3 is 2.16 bits per heavy atom. The Kier molecular flexibility index (Phi) is 11.5. The fraction of sp³-hybridized carbons (Fsp3) is 0.462. The minimum atomic E-state index is -4.04. The second-order valence-corrected chi connectivity index (χ2v) is 11.2. The molecule has 0 fully saturated rings. The SMILES string of the molecule is COCCN(C(=O)O)[C@@H](Cc1ccccc1)[C@H](O)CN(CC(C)C)S(=O)(=O)c1ccc(NC(C)=O)cc1. The van der Waals surface area contributed by atoms with Gasteiger partial charge in [-0.2, -0.15) is 4.31 Å². The van der Waals surface area contributed by atoms with Crippen molar-refractivity contribution in [1.82, 2.24) is 9.21 Å². The Hall–Kier alpha value is -2.99. The number of carbonyl (C=O) groups is 2. The molecule has 10 nitrogen and oxygen atoms in total. The van der Waals surface area contributed by atoms with Crippen LogP contribution in [0.3, 0.4) is 0 Å². The number of anilines is 1. The third-order valence-electron chi connectivity index (χ3n) is 5.69. The Bertz CT molecular complexity index is 1110. The van der Waals surface area contributed by atoms with E-state index in [1.807, 2.05) is 44.2 Å². The average molecular weight is 536 g/mol. The van der Waals surface area contributed by atoms with E-state index in [2.05, 4.69) is 5.32 Å². The number of carbonyl (C=O) groups excluding carboxylic acids is 1. The second-order valence-electron chi connectivity index (χ2n) is 9.21. The molecule has 2 atom stereocenters. The minimum Gasteiger partial charge on any atom is -0.465 e. The molecule has 3 N–H and O–H groups in total. The standard InChI is InChI=1S/C26H37N3O7S/c1-19(2)17-28(37(34,35)23-12-10-22(11-13-23)27-20(3)30)18-25(31)24(16-21-8-6-5-7-9-21)29(26(32)33)14-15-36-4/h5-13,19,24-25,31H,14-18H2,1-4H3,(H,27,30)(H,32,33)/t24-,25+/m0/s1. The molecule has 204 valence electrons. The number of hydrogen-bond donors (Lipinski definition) is 3. The molecule has 0 spiro atoms. The molecule has 0 aliphatic heterocycles. The maximum absolute atomic E-state index is 13.6.